The van der Waals surface area contributed by atoms with Gasteiger partial charge in [0, 0.05) is 38.6 Å². The molecule has 1 aliphatic rings. The monoisotopic (exact) mass is 380 g/mol. The van der Waals surface area contributed by atoms with Gasteiger partial charge in [0.15, 0.2) is 0 Å². The lowest BCUT2D eigenvalue weighted by molar-refractivity contribution is -0.0163. The maximum absolute atomic E-state index is 12.6. The molecule has 1 fully saturated rings. The third-order valence-corrected chi connectivity index (χ3v) is 4.04. The van der Waals surface area contributed by atoms with E-state index in [-0.39, 0.29) is 18.2 Å². The second-order valence-corrected chi connectivity index (χ2v) is 8.84. The third kappa shape index (κ3) is 6.77. The average Bonchev–Trinajstić information content (AvgIpc) is 3.02. The van der Waals surface area contributed by atoms with Crippen LogP contribution in [0, 0.1) is 0 Å². The quantitative estimate of drug-likeness (QED) is 0.805. The van der Waals surface area contributed by atoms with Gasteiger partial charge in [-0.1, -0.05) is 0 Å². The summed E-state index contributed by atoms with van der Waals surface area (Å²) in [5, 5.41) is 0. The van der Waals surface area contributed by atoms with Crippen molar-refractivity contribution in [3.8, 4) is 0 Å². The molecule has 2 heterocycles. The number of rotatable bonds is 3. The summed E-state index contributed by atoms with van der Waals surface area (Å²) in [6, 6.07) is -0.150. The Labute approximate surface area is 161 Å². The number of carbonyl (C=O) groups is 2. The van der Waals surface area contributed by atoms with Crippen LogP contribution >= 0.6 is 0 Å². The minimum Gasteiger partial charge on any atom is -0.444 e. The molecular formula is C19H32N4O4. The number of hydrogen-bond acceptors (Lipinski definition) is 5. The van der Waals surface area contributed by atoms with Crippen molar-refractivity contribution < 1.29 is 19.1 Å². The number of ether oxygens (including phenoxy) is 2. The van der Waals surface area contributed by atoms with E-state index in [1.165, 1.54) is 0 Å². The number of hydrogen-bond donors (Lipinski definition) is 0. The molecule has 1 unspecified atom stereocenters. The maximum atomic E-state index is 12.6. The lowest BCUT2D eigenvalue weighted by atomic mass is 10.1. The highest BCUT2D eigenvalue weighted by Crippen LogP contribution is 2.20. The van der Waals surface area contributed by atoms with Crippen LogP contribution in [0.15, 0.2) is 18.7 Å². The maximum Gasteiger partial charge on any atom is 0.410 e. The molecule has 2 amide bonds. The van der Waals surface area contributed by atoms with Gasteiger partial charge in [-0.05, 0) is 48.0 Å². The van der Waals surface area contributed by atoms with Crippen LogP contribution < -0.4 is 0 Å². The predicted molar refractivity (Wildman–Crippen MR) is 101 cm³/mol. The van der Waals surface area contributed by atoms with Gasteiger partial charge in [0.2, 0.25) is 0 Å². The second-order valence-electron chi connectivity index (χ2n) is 8.84. The molecular weight excluding hydrogens is 348 g/mol. The normalized spacial score (nSPS) is 18.4. The molecule has 0 radical (unpaired) electrons. The van der Waals surface area contributed by atoms with Gasteiger partial charge >= 0.3 is 12.2 Å². The number of nitrogens with zero attached hydrogens (tertiary/aromatic N) is 4. The van der Waals surface area contributed by atoms with Crippen molar-refractivity contribution in [2.24, 2.45) is 0 Å². The van der Waals surface area contributed by atoms with E-state index in [1.54, 1.807) is 22.3 Å². The van der Waals surface area contributed by atoms with Gasteiger partial charge in [0.25, 0.3) is 0 Å². The Morgan fingerprint density at radius 2 is 1.67 bits per heavy atom. The van der Waals surface area contributed by atoms with Crippen LogP contribution in [0.5, 0.6) is 0 Å². The van der Waals surface area contributed by atoms with E-state index < -0.39 is 11.2 Å². The van der Waals surface area contributed by atoms with Crippen molar-refractivity contribution in [1.29, 1.82) is 0 Å². The molecule has 0 aliphatic carbocycles. The average molecular weight is 380 g/mol. The molecule has 1 atom stereocenters. The first-order valence-electron chi connectivity index (χ1n) is 9.38. The Morgan fingerprint density at radius 1 is 1.04 bits per heavy atom. The molecule has 8 heteroatoms. The predicted octanol–water partition coefficient (Wildman–Crippen LogP) is 3.13. The van der Waals surface area contributed by atoms with E-state index in [2.05, 4.69) is 4.98 Å². The fraction of sp³-hybridized carbons (Fsp3) is 0.737. The Balaban J connectivity index is 2.07. The van der Waals surface area contributed by atoms with Crippen LogP contribution in [-0.4, -0.2) is 68.4 Å². The van der Waals surface area contributed by atoms with Gasteiger partial charge in [-0.15, -0.1) is 0 Å². The molecule has 1 saturated heterocycles. The Morgan fingerprint density at radius 3 is 2.22 bits per heavy atom. The first kappa shape index (κ1) is 21.1. The van der Waals surface area contributed by atoms with E-state index in [1.807, 2.05) is 52.3 Å². The first-order valence-corrected chi connectivity index (χ1v) is 9.38. The lowest BCUT2D eigenvalue weighted by Gasteiger charge is -2.42. The molecule has 1 aromatic rings. The van der Waals surface area contributed by atoms with Crippen molar-refractivity contribution in [3.63, 3.8) is 0 Å². The molecule has 0 saturated carbocycles. The molecule has 0 spiro atoms. The zero-order chi connectivity index (χ0) is 20.2. The highest BCUT2D eigenvalue weighted by molar-refractivity contribution is 5.71. The zero-order valence-corrected chi connectivity index (χ0v) is 17.3. The Hall–Kier alpha value is -2.25. The molecule has 1 aliphatic heterocycles. The van der Waals surface area contributed by atoms with E-state index in [0.29, 0.717) is 32.6 Å². The molecule has 152 valence electrons. The van der Waals surface area contributed by atoms with Gasteiger partial charge in [0.05, 0.1) is 12.4 Å². The van der Waals surface area contributed by atoms with Gasteiger partial charge in [-0.3, -0.25) is 0 Å². The van der Waals surface area contributed by atoms with Crippen LogP contribution in [0.4, 0.5) is 9.59 Å². The summed E-state index contributed by atoms with van der Waals surface area (Å²) in [6.45, 7) is 13.1. The minimum absolute atomic E-state index is 0.150. The summed E-state index contributed by atoms with van der Waals surface area (Å²) in [4.78, 5) is 32.5. The Bertz CT molecular complexity index is 631. The van der Waals surface area contributed by atoms with Gasteiger partial charge in [-0.25, -0.2) is 14.6 Å². The summed E-state index contributed by atoms with van der Waals surface area (Å²) >= 11 is 0. The molecule has 8 nitrogen and oxygen atoms in total. The van der Waals surface area contributed by atoms with Gasteiger partial charge in [-0.2, -0.15) is 0 Å². The fourth-order valence-corrected chi connectivity index (χ4v) is 2.87. The summed E-state index contributed by atoms with van der Waals surface area (Å²) in [7, 11) is 0. The first-order chi connectivity index (χ1) is 12.4. The standard InChI is InChI=1S/C19H32N4O4/c1-18(2,3)26-16(24)22-11-12-23(17(25)27-19(4,5)6)15(13-22)7-9-21-10-8-20-14-21/h8,10,14-15H,7,9,11-13H2,1-6H3. The number of aryl methyl sites for hydroxylation is 1. The van der Waals surface area contributed by atoms with Crippen LogP contribution in [0.2, 0.25) is 0 Å². The number of imidazole rings is 1. The van der Waals surface area contributed by atoms with Crippen LogP contribution in [-0.2, 0) is 16.0 Å². The van der Waals surface area contributed by atoms with Gasteiger partial charge < -0.3 is 23.8 Å². The van der Waals surface area contributed by atoms with Crippen molar-refractivity contribution in [2.45, 2.75) is 71.8 Å². The van der Waals surface area contributed by atoms with Gasteiger partial charge in [0.1, 0.15) is 11.2 Å². The summed E-state index contributed by atoms with van der Waals surface area (Å²) in [5.74, 6) is 0. The number of amides is 2. The zero-order valence-electron chi connectivity index (χ0n) is 17.3. The largest absolute Gasteiger partial charge is 0.444 e. The third-order valence-electron chi connectivity index (χ3n) is 4.04. The molecule has 2 rings (SSSR count). The summed E-state index contributed by atoms with van der Waals surface area (Å²) < 4.78 is 13.0. The van der Waals surface area contributed by atoms with Crippen molar-refractivity contribution in [2.75, 3.05) is 19.6 Å². The number of carbonyl (C=O) groups excluding carboxylic acids is 2. The number of aromatic nitrogens is 2. The Kier molecular flexibility index (Phi) is 6.38. The molecule has 0 bridgehead atoms. The SMILES string of the molecule is CC(C)(C)OC(=O)N1CCN(C(=O)OC(C)(C)C)C(CCn2ccnc2)C1. The topological polar surface area (TPSA) is 76.9 Å². The highest BCUT2D eigenvalue weighted by atomic mass is 16.6. The summed E-state index contributed by atoms with van der Waals surface area (Å²) in [6.07, 6.45) is 5.34. The highest BCUT2D eigenvalue weighted by Gasteiger charge is 2.36. The smallest absolute Gasteiger partial charge is 0.410 e. The number of piperazine rings is 1. The molecule has 0 N–H and O–H groups in total. The van der Waals surface area contributed by atoms with Crippen molar-refractivity contribution in [1.82, 2.24) is 19.4 Å². The second kappa shape index (κ2) is 8.19. The summed E-state index contributed by atoms with van der Waals surface area (Å²) in [5.41, 5.74) is -1.11. The molecule has 27 heavy (non-hydrogen) atoms. The van der Waals surface area contributed by atoms with Crippen molar-refractivity contribution in [3.05, 3.63) is 18.7 Å². The fourth-order valence-electron chi connectivity index (χ4n) is 2.87. The van der Waals surface area contributed by atoms with Crippen LogP contribution in [0.25, 0.3) is 0 Å². The van der Waals surface area contributed by atoms with Crippen LogP contribution in [0.1, 0.15) is 48.0 Å². The minimum atomic E-state index is -0.561. The van der Waals surface area contributed by atoms with Crippen molar-refractivity contribution >= 4 is 12.2 Å². The molecule has 0 aromatic carbocycles. The van der Waals surface area contributed by atoms with E-state index in [4.69, 9.17) is 9.47 Å². The van der Waals surface area contributed by atoms with E-state index in [9.17, 15) is 9.59 Å². The lowest BCUT2D eigenvalue weighted by Crippen LogP contribution is -2.58. The molecule has 1 aromatic heterocycles. The van der Waals surface area contributed by atoms with Crippen LogP contribution in [0.3, 0.4) is 0 Å². The van der Waals surface area contributed by atoms with E-state index >= 15 is 0 Å². The van der Waals surface area contributed by atoms with E-state index in [0.717, 1.165) is 0 Å².